The molecule has 0 aromatic heterocycles. The maximum absolute atomic E-state index is 12.1. The summed E-state index contributed by atoms with van der Waals surface area (Å²) in [4.78, 5) is 25.1. The van der Waals surface area contributed by atoms with E-state index in [-0.39, 0.29) is 18.5 Å². The van der Waals surface area contributed by atoms with Crippen LogP contribution in [0.1, 0.15) is 33.6 Å². The second kappa shape index (κ2) is 6.00. The molecule has 0 bridgehead atoms. The molecule has 18 heavy (non-hydrogen) atoms. The maximum atomic E-state index is 12.1. The van der Waals surface area contributed by atoms with Crippen molar-refractivity contribution in [3.8, 4) is 0 Å². The molecule has 1 aliphatic rings. The molecule has 0 aliphatic carbocycles. The van der Waals surface area contributed by atoms with E-state index in [0.717, 1.165) is 18.5 Å². The van der Waals surface area contributed by atoms with Gasteiger partial charge in [-0.05, 0) is 31.9 Å². The quantitative estimate of drug-likeness (QED) is 0.408. The van der Waals surface area contributed by atoms with Crippen LogP contribution in [0.2, 0.25) is 0 Å². The SMILES string of the molecule is C=C(CNCCC)CN1C(=O)NC(C)(CC)C1=O. The third-order valence-corrected chi connectivity index (χ3v) is 3.24. The second-order valence-electron chi connectivity index (χ2n) is 4.93. The number of imide groups is 1. The van der Waals surface area contributed by atoms with E-state index in [9.17, 15) is 9.59 Å². The average molecular weight is 253 g/mol. The van der Waals surface area contributed by atoms with E-state index in [1.807, 2.05) is 6.92 Å². The Morgan fingerprint density at radius 1 is 1.44 bits per heavy atom. The molecule has 1 atom stereocenters. The number of hydrogen-bond acceptors (Lipinski definition) is 3. The Morgan fingerprint density at radius 2 is 2.11 bits per heavy atom. The standard InChI is InChI=1S/C13H23N3O2/c1-5-7-14-8-10(3)9-16-11(17)13(4,6-2)15-12(16)18/h14H,3,5-9H2,1-2,4H3,(H,15,18). The highest BCUT2D eigenvalue weighted by Crippen LogP contribution is 2.21. The summed E-state index contributed by atoms with van der Waals surface area (Å²) in [6.07, 6.45) is 1.64. The number of hydrogen-bond donors (Lipinski definition) is 2. The van der Waals surface area contributed by atoms with Gasteiger partial charge in [0.2, 0.25) is 0 Å². The third kappa shape index (κ3) is 3.10. The Kier molecular flexibility index (Phi) is 4.90. The summed E-state index contributed by atoms with van der Waals surface area (Å²) in [5.41, 5.74) is 0.0844. The first-order chi connectivity index (χ1) is 8.44. The van der Waals surface area contributed by atoms with Gasteiger partial charge < -0.3 is 10.6 Å². The lowest BCUT2D eigenvalue weighted by Gasteiger charge is -2.19. The fraction of sp³-hybridized carbons (Fsp3) is 0.692. The molecule has 5 heteroatoms. The minimum absolute atomic E-state index is 0.161. The number of rotatable bonds is 7. The normalized spacial score (nSPS) is 23.4. The van der Waals surface area contributed by atoms with Gasteiger partial charge in [0.25, 0.3) is 5.91 Å². The van der Waals surface area contributed by atoms with Crippen LogP contribution in [0.3, 0.4) is 0 Å². The van der Waals surface area contributed by atoms with E-state index in [4.69, 9.17) is 0 Å². The zero-order valence-electron chi connectivity index (χ0n) is 11.5. The molecule has 1 aliphatic heterocycles. The van der Waals surface area contributed by atoms with E-state index in [2.05, 4.69) is 24.1 Å². The smallest absolute Gasteiger partial charge is 0.323 e. The highest BCUT2D eigenvalue weighted by molar-refractivity contribution is 6.06. The fourth-order valence-corrected chi connectivity index (χ4v) is 1.85. The van der Waals surface area contributed by atoms with Crippen LogP contribution >= 0.6 is 0 Å². The lowest BCUT2D eigenvalue weighted by Crippen LogP contribution is -2.43. The van der Waals surface area contributed by atoms with Crippen molar-refractivity contribution in [1.82, 2.24) is 15.5 Å². The third-order valence-electron chi connectivity index (χ3n) is 3.24. The molecule has 3 amide bonds. The van der Waals surface area contributed by atoms with E-state index in [0.29, 0.717) is 13.0 Å². The van der Waals surface area contributed by atoms with Crippen molar-refractivity contribution in [3.63, 3.8) is 0 Å². The predicted molar refractivity (Wildman–Crippen MR) is 71.2 cm³/mol. The lowest BCUT2D eigenvalue weighted by atomic mass is 9.99. The number of carbonyl (C=O) groups excluding carboxylic acids is 2. The molecule has 1 saturated heterocycles. The zero-order chi connectivity index (χ0) is 13.8. The Bertz CT molecular complexity index is 354. The minimum Gasteiger partial charge on any atom is -0.323 e. The molecule has 0 spiro atoms. The van der Waals surface area contributed by atoms with E-state index < -0.39 is 5.54 Å². The molecule has 2 N–H and O–H groups in total. The molecule has 0 aromatic rings. The van der Waals surface area contributed by atoms with Crippen molar-refractivity contribution in [2.75, 3.05) is 19.6 Å². The molecule has 1 rings (SSSR count). The van der Waals surface area contributed by atoms with Crippen LogP contribution in [-0.4, -0.2) is 42.0 Å². The van der Waals surface area contributed by atoms with Crippen molar-refractivity contribution >= 4 is 11.9 Å². The minimum atomic E-state index is -0.756. The summed E-state index contributed by atoms with van der Waals surface area (Å²) in [7, 11) is 0. The Hall–Kier alpha value is -1.36. The maximum Gasteiger partial charge on any atom is 0.325 e. The van der Waals surface area contributed by atoms with Crippen molar-refractivity contribution in [2.45, 2.75) is 39.2 Å². The number of nitrogens with one attached hydrogen (secondary N) is 2. The van der Waals surface area contributed by atoms with E-state index in [1.165, 1.54) is 4.90 Å². The van der Waals surface area contributed by atoms with Gasteiger partial charge in [-0.3, -0.25) is 9.69 Å². The van der Waals surface area contributed by atoms with Crippen molar-refractivity contribution in [3.05, 3.63) is 12.2 Å². The second-order valence-corrected chi connectivity index (χ2v) is 4.93. The summed E-state index contributed by atoms with van der Waals surface area (Å²) < 4.78 is 0. The summed E-state index contributed by atoms with van der Waals surface area (Å²) in [5, 5.41) is 5.93. The monoisotopic (exact) mass is 253 g/mol. The van der Waals surface area contributed by atoms with Crippen LogP contribution in [0.15, 0.2) is 12.2 Å². The van der Waals surface area contributed by atoms with Crippen LogP contribution in [0.4, 0.5) is 4.79 Å². The van der Waals surface area contributed by atoms with Gasteiger partial charge in [0.05, 0.1) is 6.54 Å². The number of amides is 3. The first-order valence-corrected chi connectivity index (χ1v) is 6.46. The average Bonchev–Trinajstić information content (AvgIpc) is 2.54. The van der Waals surface area contributed by atoms with Crippen LogP contribution in [0.5, 0.6) is 0 Å². The van der Waals surface area contributed by atoms with Crippen LogP contribution in [-0.2, 0) is 4.79 Å². The first kappa shape index (κ1) is 14.7. The molecule has 1 heterocycles. The van der Waals surface area contributed by atoms with Crippen LogP contribution in [0, 0.1) is 0 Å². The fourth-order valence-electron chi connectivity index (χ4n) is 1.85. The number of nitrogens with zero attached hydrogens (tertiary/aromatic N) is 1. The van der Waals surface area contributed by atoms with Gasteiger partial charge >= 0.3 is 6.03 Å². The topological polar surface area (TPSA) is 61.4 Å². The van der Waals surface area contributed by atoms with Crippen molar-refractivity contribution in [2.24, 2.45) is 0 Å². The van der Waals surface area contributed by atoms with Crippen LogP contribution in [0.25, 0.3) is 0 Å². The molecular weight excluding hydrogens is 230 g/mol. The lowest BCUT2D eigenvalue weighted by molar-refractivity contribution is -0.130. The summed E-state index contributed by atoms with van der Waals surface area (Å²) in [5.74, 6) is -0.161. The molecule has 1 fully saturated rings. The Labute approximate surface area is 109 Å². The highest BCUT2D eigenvalue weighted by atomic mass is 16.2. The predicted octanol–water partition coefficient (Wildman–Crippen LogP) is 1.26. The molecule has 5 nitrogen and oxygen atoms in total. The summed E-state index contributed by atoms with van der Waals surface area (Å²) in [6, 6.07) is -0.319. The molecule has 0 radical (unpaired) electrons. The Morgan fingerprint density at radius 3 is 2.61 bits per heavy atom. The largest absolute Gasteiger partial charge is 0.325 e. The van der Waals surface area contributed by atoms with Gasteiger partial charge in [-0.1, -0.05) is 20.4 Å². The number of carbonyl (C=O) groups is 2. The van der Waals surface area contributed by atoms with Gasteiger partial charge in [0.1, 0.15) is 5.54 Å². The zero-order valence-corrected chi connectivity index (χ0v) is 11.5. The highest BCUT2D eigenvalue weighted by Gasteiger charge is 2.46. The Balaban J connectivity index is 2.55. The van der Waals surface area contributed by atoms with Crippen molar-refractivity contribution < 1.29 is 9.59 Å². The van der Waals surface area contributed by atoms with Crippen LogP contribution < -0.4 is 10.6 Å². The van der Waals surface area contributed by atoms with E-state index in [1.54, 1.807) is 6.92 Å². The molecule has 0 saturated carbocycles. The first-order valence-electron chi connectivity index (χ1n) is 6.46. The van der Waals surface area contributed by atoms with Gasteiger partial charge in [-0.25, -0.2) is 4.79 Å². The molecule has 102 valence electrons. The van der Waals surface area contributed by atoms with Gasteiger partial charge in [-0.2, -0.15) is 0 Å². The molecule has 0 aromatic carbocycles. The van der Waals surface area contributed by atoms with E-state index >= 15 is 0 Å². The van der Waals surface area contributed by atoms with Crippen molar-refractivity contribution in [1.29, 1.82) is 0 Å². The summed E-state index contributed by atoms with van der Waals surface area (Å²) >= 11 is 0. The van der Waals surface area contributed by atoms with Gasteiger partial charge in [0, 0.05) is 6.54 Å². The summed E-state index contributed by atoms with van der Waals surface area (Å²) in [6.45, 7) is 11.5. The molecular formula is C13H23N3O2. The molecule has 1 unspecified atom stereocenters. The van der Waals surface area contributed by atoms with Gasteiger partial charge in [-0.15, -0.1) is 0 Å². The van der Waals surface area contributed by atoms with Gasteiger partial charge in [0.15, 0.2) is 0 Å². The number of urea groups is 1.